The number of carbonyl (C=O) groups excluding carboxylic acids is 1. The molecule has 1 unspecified atom stereocenters. The number of amides is 1. The minimum atomic E-state index is -0.414. The second-order valence-corrected chi connectivity index (χ2v) is 6.28. The molecule has 0 bridgehead atoms. The molecule has 0 aromatic heterocycles. The Morgan fingerprint density at radius 2 is 1.96 bits per heavy atom. The molecule has 1 atom stereocenters. The predicted octanol–water partition coefficient (Wildman–Crippen LogP) is 3.28. The number of nitrogens with zero attached hydrogens (tertiary/aromatic N) is 1. The largest absolute Gasteiger partial charge is 0.366 e. The van der Waals surface area contributed by atoms with Crippen molar-refractivity contribution in [3.8, 4) is 0 Å². The minimum absolute atomic E-state index is 0. The van der Waals surface area contributed by atoms with Crippen LogP contribution in [0.2, 0.25) is 0 Å². The molecular weight excluding hydrogens is 415 g/mol. The van der Waals surface area contributed by atoms with E-state index in [0.29, 0.717) is 24.1 Å². The fourth-order valence-corrected chi connectivity index (χ4v) is 2.20. The number of nitrogens with two attached hydrogens (primary N) is 1. The third-order valence-corrected chi connectivity index (χ3v) is 3.54. The fraction of sp³-hybridized carbons (Fsp3) is 0.556. The van der Waals surface area contributed by atoms with Crippen LogP contribution in [0.4, 0.5) is 0 Å². The number of aliphatic imine (C=N–C) groups is 1. The third kappa shape index (κ3) is 9.10. The summed E-state index contributed by atoms with van der Waals surface area (Å²) in [6.45, 7) is 10.00. The van der Waals surface area contributed by atoms with E-state index in [1.54, 1.807) is 12.1 Å². The van der Waals surface area contributed by atoms with Gasteiger partial charge in [0.25, 0.3) is 0 Å². The summed E-state index contributed by atoms with van der Waals surface area (Å²) in [4.78, 5) is 15.8. The normalized spacial score (nSPS) is 12.5. The van der Waals surface area contributed by atoms with Gasteiger partial charge in [0.15, 0.2) is 5.96 Å². The molecule has 5 nitrogen and oxygen atoms in total. The second-order valence-electron chi connectivity index (χ2n) is 6.28. The van der Waals surface area contributed by atoms with E-state index in [1.165, 1.54) is 6.42 Å². The van der Waals surface area contributed by atoms with Crippen LogP contribution in [0.1, 0.15) is 56.5 Å². The lowest BCUT2D eigenvalue weighted by Crippen LogP contribution is -2.42. The summed E-state index contributed by atoms with van der Waals surface area (Å²) in [7, 11) is 0. The molecule has 1 amide bonds. The summed E-state index contributed by atoms with van der Waals surface area (Å²) >= 11 is 0. The molecule has 0 saturated carbocycles. The number of carbonyl (C=O) groups is 1. The van der Waals surface area contributed by atoms with Gasteiger partial charge in [-0.2, -0.15) is 0 Å². The highest BCUT2D eigenvalue weighted by molar-refractivity contribution is 14.0. The first-order chi connectivity index (χ1) is 10.9. The molecule has 0 saturated heterocycles. The number of rotatable bonds is 8. The molecule has 1 rings (SSSR count). The number of primary amides is 1. The second kappa shape index (κ2) is 12.1. The van der Waals surface area contributed by atoms with Crippen LogP contribution in [0.25, 0.3) is 0 Å². The minimum Gasteiger partial charge on any atom is -0.366 e. The molecule has 0 heterocycles. The van der Waals surface area contributed by atoms with Crippen LogP contribution in [0, 0.1) is 5.92 Å². The van der Waals surface area contributed by atoms with E-state index >= 15 is 0 Å². The van der Waals surface area contributed by atoms with Crippen LogP contribution < -0.4 is 16.4 Å². The highest BCUT2D eigenvalue weighted by Gasteiger charge is 2.07. The van der Waals surface area contributed by atoms with Gasteiger partial charge in [-0.25, -0.2) is 4.99 Å². The van der Waals surface area contributed by atoms with Crippen molar-refractivity contribution in [3.05, 3.63) is 35.4 Å². The number of nitrogens with one attached hydrogen (secondary N) is 2. The maximum atomic E-state index is 11.2. The molecule has 4 N–H and O–H groups in total. The molecule has 6 heteroatoms. The van der Waals surface area contributed by atoms with E-state index in [0.717, 1.165) is 24.5 Å². The number of benzene rings is 1. The zero-order chi connectivity index (χ0) is 17.2. The van der Waals surface area contributed by atoms with E-state index in [-0.39, 0.29) is 24.0 Å². The Morgan fingerprint density at radius 3 is 2.54 bits per heavy atom. The zero-order valence-electron chi connectivity index (χ0n) is 15.1. The van der Waals surface area contributed by atoms with E-state index in [2.05, 4.69) is 36.4 Å². The molecule has 136 valence electrons. The van der Waals surface area contributed by atoms with Gasteiger partial charge in [-0.05, 0) is 50.3 Å². The van der Waals surface area contributed by atoms with Crippen LogP contribution in [-0.2, 0) is 6.54 Å². The van der Waals surface area contributed by atoms with Crippen molar-refractivity contribution in [3.63, 3.8) is 0 Å². The van der Waals surface area contributed by atoms with Gasteiger partial charge in [-0.1, -0.05) is 26.0 Å². The van der Waals surface area contributed by atoms with Gasteiger partial charge in [0.05, 0.1) is 6.54 Å². The number of halogens is 1. The molecule has 0 spiro atoms. The van der Waals surface area contributed by atoms with E-state index < -0.39 is 5.91 Å². The van der Waals surface area contributed by atoms with Gasteiger partial charge in [-0.15, -0.1) is 24.0 Å². The molecule has 24 heavy (non-hydrogen) atoms. The Balaban J connectivity index is 0.00000529. The van der Waals surface area contributed by atoms with E-state index in [4.69, 9.17) is 5.73 Å². The summed E-state index contributed by atoms with van der Waals surface area (Å²) in [6.07, 6.45) is 2.30. The first-order valence-corrected chi connectivity index (χ1v) is 8.36. The predicted molar refractivity (Wildman–Crippen MR) is 112 cm³/mol. The monoisotopic (exact) mass is 446 g/mol. The summed E-state index contributed by atoms with van der Waals surface area (Å²) in [5.41, 5.74) is 6.79. The van der Waals surface area contributed by atoms with Gasteiger partial charge in [0.2, 0.25) is 5.91 Å². The van der Waals surface area contributed by atoms with Gasteiger partial charge < -0.3 is 16.4 Å². The molecule has 1 aromatic rings. The van der Waals surface area contributed by atoms with Gasteiger partial charge >= 0.3 is 0 Å². The lowest BCUT2D eigenvalue weighted by molar-refractivity contribution is 0.1000. The summed E-state index contributed by atoms with van der Waals surface area (Å²) in [5.74, 6) is 1.09. The first kappa shape index (κ1) is 22.7. The molecule has 0 aliphatic rings. The summed E-state index contributed by atoms with van der Waals surface area (Å²) in [6, 6.07) is 7.65. The van der Waals surface area contributed by atoms with Crippen LogP contribution in [0.3, 0.4) is 0 Å². The Morgan fingerprint density at radius 1 is 1.25 bits per heavy atom. The molecule has 0 fully saturated rings. The smallest absolute Gasteiger partial charge is 0.248 e. The number of hydrogen-bond acceptors (Lipinski definition) is 2. The van der Waals surface area contributed by atoms with Gasteiger partial charge in [0, 0.05) is 18.2 Å². The van der Waals surface area contributed by atoms with Crippen LogP contribution in [0.15, 0.2) is 29.3 Å². The standard InChI is InChI=1S/C18H30N4O.HI/c1-5-20-18(22-14(4)10-9-13(2)3)21-12-15-7-6-8-16(11-15)17(19)23;/h6-8,11,13-14H,5,9-10,12H2,1-4H3,(H2,19,23)(H2,20,21,22);1H. The lowest BCUT2D eigenvalue weighted by atomic mass is 10.0. The Kier molecular flexibility index (Phi) is 11.4. The molecule has 1 aromatic carbocycles. The number of guanidine groups is 1. The van der Waals surface area contributed by atoms with Crippen molar-refractivity contribution in [2.75, 3.05) is 6.54 Å². The maximum Gasteiger partial charge on any atom is 0.248 e. The fourth-order valence-electron chi connectivity index (χ4n) is 2.20. The molecule has 0 aliphatic heterocycles. The van der Waals surface area contributed by atoms with Gasteiger partial charge in [0.1, 0.15) is 0 Å². The topological polar surface area (TPSA) is 79.5 Å². The Bertz CT molecular complexity index is 532. The average Bonchev–Trinajstić information content (AvgIpc) is 2.51. The van der Waals surface area contributed by atoms with Crippen molar-refractivity contribution < 1.29 is 4.79 Å². The molecule has 0 aliphatic carbocycles. The zero-order valence-corrected chi connectivity index (χ0v) is 17.5. The summed E-state index contributed by atoms with van der Waals surface area (Å²) < 4.78 is 0. The third-order valence-electron chi connectivity index (χ3n) is 3.54. The van der Waals surface area contributed by atoms with Crippen LogP contribution in [0.5, 0.6) is 0 Å². The van der Waals surface area contributed by atoms with E-state index in [1.807, 2.05) is 19.1 Å². The first-order valence-electron chi connectivity index (χ1n) is 8.36. The average molecular weight is 446 g/mol. The van der Waals surface area contributed by atoms with Gasteiger partial charge in [-0.3, -0.25) is 4.79 Å². The van der Waals surface area contributed by atoms with Crippen molar-refractivity contribution in [1.82, 2.24) is 10.6 Å². The van der Waals surface area contributed by atoms with Crippen LogP contribution in [-0.4, -0.2) is 24.5 Å². The SMILES string of the molecule is CCNC(=NCc1cccc(C(N)=O)c1)NC(C)CCC(C)C.I. The summed E-state index contributed by atoms with van der Waals surface area (Å²) in [5, 5.41) is 6.68. The lowest BCUT2D eigenvalue weighted by Gasteiger charge is -2.18. The Hall–Kier alpha value is -1.31. The van der Waals surface area contributed by atoms with Crippen molar-refractivity contribution in [1.29, 1.82) is 0 Å². The van der Waals surface area contributed by atoms with E-state index in [9.17, 15) is 4.79 Å². The number of hydrogen-bond donors (Lipinski definition) is 3. The van der Waals surface area contributed by atoms with Crippen molar-refractivity contribution in [2.24, 2.45) is 16.6 Å². The molecule has 0 radical (unpaired) electrons. The maximum absolute atomic E-state index is 11.2. The van der Waals surface area contributed by atoms with Crippen molar-refractivity contribution >= 4 is 35.8 Å². The Labute approximate surface area is 162 Å². The highest BCUT2D eigenvalue weighted by atomic mass is 127. The molecular formula is C18H31IN4O. The quantitative estimate of drug-likeness (QED) is 0.326. The van der Waals surface area contributed by atoms with Crippen molar-refractivity contribution in [2.45, 2.75) is 53.1 Å². The van der Waals surface area contributed by atoms with Crippen LogP contribution >= 0.6 is 24.0 Å². The highest BCUT2D eigenvalue weighted by Crippen LogP contribution is 2.08.